The summed E-state index contributed by atoms with van der Waals surface area (Å²) in [6, 6.07) is 24.6. The minimum absolute atomic E-state index is 0.398. The lowest BCUT2D eigenvalue weighted by atomic mass is 10.2. The van der Waals surface area contributed by atoms with Crippen LogP contribution in [0.15, 0.2) is 105 Å². The highest BCUT2D eigenvalue weighted by atomic mass is 19.1. The van der Waals surface area contributed by atoms with Crippen molar-refractivity contribution in [3.8, 4) is 0 Å². The smallest absolute Gasteiger partial charge is 0.142 e. The first-order chi connectivity index (χ1) is 20.6. The number of hydrogen-bond acceptors (Lipinski definition) is 4. The van der Waals surface area contributed by atoms with Crippen LogP contribution in [0.4, 0.5) is 32.1 Å². The topological polar surface area (TPSA) is 113 Å². The maximum atomic E-state index is 14.5. The van der Waals surface area contributed by atoms with E-state index in [2.05, 4.69) is 19.9 Å². The van der Waals surface area contributed by atoms with Gasteiger partial charge in [0.25, 0.3) is 0 Å². The van der Waals surface area contributed by atoms with Crippen molar-refractivity contribution >= 4 is 66.4 Å². The Labute approximate surface area is 233 Å². The third-order valence-corrected chi connectivity index (χ3v) is 7.70. The van der Waals surface area contributed by atoms with Crippen LogP contribution in [0.2, 0.25) is 0 Å². The normalized spacial score (nSPS) is 12.8. The van der Waals surface area contributed by atoms with Gasteiger partial charge in [-0.05, 0) is 36.4 Å². The molecule has 4 aromatic heterocycles. The van der Waals surface area contributed by atoms with Crippen LogP contribution in [0, 0.1) is 11.6 Å². The van der Waals surface area contributed by atoms with Crippen LogP contribution in [-0.2, 0) is 0 Å². The zero-order valence-electron chi connectivity index (χ0n) is 21.6. The van der Waals surface area contributed by atoms with E-state index in [1.807, 2.05) is 48.5 Å². The molecule has 0 unspecified atom stereocenters. The van der Waals surface area contributed by atoms with Crippen molar-refractivity contribution in [1.29, 1.82) is 0 Å². The molecule has 1 aliphatic rings. The Morgan fingerprint density at radius 3 is 1.24 bits per heavy atom. The summed E-state index contributed by atoms with van der Waals surface area (Å²) >= 11 is 0. The Balaban J connectivity index is 1.51. The lowest BCUT2D eigenvalue weighted by Gasteiger charge is -1.93. The number of nitrogens with zero attached hydrogens (tertiary/aromatic N) is 4. The van der Waals surface area contributed by atoms with Crippen molar-refractivity contribution in [3.63, 3.8) is 0 Å². The Kier molecular flexibility index (Phi) is 4.52. The minimum Gasteiger partial charge on any atom is -0.324 e. The van der Waals surface area contributed by atoms with Crippen LogP contribution in [0.25, 0.3) is 43.1 Å². The fraction of sp³-hybridized carbons (Fsp3) is 0. The van der Waals surface area contributed by atoms with Gasteiger partial charge in [0.15, 0.2) is 0 Å². The van der Waals surface area contributed by atoms with Gasteiger partial charge in [-0.1, -0.05) is 48.5 Å². The fourth-order valence-electron chi connectivity index (χ4n) is 5.77. The van der Waals surface area contributed by atoms with E-state index >= 15 is 0 Å². The summed E-state index contributed by atoms with van der Waals surface area (Å²) in [6.45, 7) is 0. The van der Waals surface area contributed by atoms with Crippen LogP contribution in [0.5, 0.6) is 0 Å². The second-order valence-electron chi connectivity index (χ2n) is 10.2. The van der Waals surface area contributed by atoms with Gasteiger partial charge >= 0.3 is 0 Å². The third kappa shape index (κ3) is 3.32. The second-order valence-corrected chi connectivity index (χ2v) is 10.2. The molecule has 5 heterocycles. The summed E-state index contributed by atoms with van der Waals surface area (Å²) in [7, 11) is 0. The minimum atomic E-state index is -0.398. The Hall–Kier alpha value is -5.90. The average Bonchev–Trinajstić information content (AvgIpc) is 3.72. The van der Waals surface area contributed by atoms with Crippen molar-refractivity contribution in [2.45, 2.75) is 0 Å². The summed E-state index contributed by atoms with van der Waals surface area (Å²) in [6.07, 6.45) is 0. The van der Waals surface area contributed by atoms with Crippen LogP contribution in [0.1, 0.15) is 0 Å². The molecule has 1 aliphatic heterocycles. The molecule has 0 radical (unpaired) electrons. The maximum absolute atomic E-state index is 14.5. The van der Waals surface area contributed by atoms with Crippen molar-refractivity contribution in [2.24, 2.45) is 20.0 Å². The Bertz CT molecular complexity index is 2670. The lowest BCUT2D eigenvalue weighted by molar-refractivity contribution is 0.629. The molecule has 8 bridgehead atoms. The van der Waals surface area contributed by atoms with Crippen molar-refractivity contribution < 1.29 is 8.78 Å². The monoisotopic (exact) mass is 552 g/mol. The third-order valence-electron chi connectivity index (χ3n) is 7.70. The molecule has 0 saturated heterocycles. The van der Waals surface area contributed by atoms with Crippen LogP contribution < -0.4 is 22.0 Å². The van der Waals surface area contributed by atoms with Gasteiger partial charge < -0.3 is 19.9 Å². The molecular formula is C32H18F2N8. The van der Waals surface area contributed by atoms with Crippen molar-refractivity contribution in [1.82, 2.24) is 19.9 Å². The van der Waals surface area contributed by atoms with E-state index in [9.17, 15) is 8.78 Å². The number of nitrogens with one attached hydrogen (secondary N) is 4. The fourth-order valence-corrected chi connectivity index (χ4v) is 5.77. The quantitative estimate of drug-likeness (QED) is 0.177. The molecule has 42 heavy (non-hydrogen) atoms. The molecule has 0 aliphatic carbocycles. The lowest BCUT2D eigenvalue weighted by Crippen LogP contribution is -2.10. The van der Waals surface area contributed by atoms with Gasteiger partial charge in [-0.25, -0.2) is 28.8 Å². The van der Waals surface area contributed by atoms with E-state index < -0.39 is 11.6 Å². The molecule has 0 saturated carbocycles. The summed E-state index contributed by atoms with van der Waals surface area (Å²) < 4.78 is 29.0. The number of benzene rings is 4. The molecule has 4 N–H and O–H groups in total. The zero-order chi connectivity index (χ0) is 27.9. The molecule has 8 nitrogen and oxygen atoms in total. The largest absolute Gasteiger partial charge is 0.324 e. The van der Waals surface area contributed by atoms with E-state index in [-0.39, 0.29) is 0 Å². The number of H-pyrrole nitrogens is 4. The number of fused-ring (bicyclic) bond motifs is 20. The summed E-state index contributed by atoms with van der Waals surface area (Å²) in [4.78, 5) is 33.0. The molecule has 10 heteroatoms. The van der Waals surface area contributed by atoms with E-state index in [1.165, 1.54) is 24.3 Å². The first-order valence-corrected chi connectivity index (χ1v) is 13.3. The first-order valence-electron chi connectivity index (χ1n) is 13.3. The number of rotatable bonds is 0. The number of aromatic nitrogens is 4. The van der Waals surface area contributed by atoms with Gasteiger partial charge in [-0.2, -0.15) is 0 Å². The Morgan fingerprint density at radius 1 is 0.357 bits per heavy atom. The summed E-state index contributed by atoms with van der Waals surface area (Å²) in [5, 5.41) is 5.98. The van der Waals surface area contributed by atoms with Gasteiger partial charge in [-0.15, -0.1) is 0 Å². The summed E-state index contributed by atoms with van der Waals surface area (Å²) in [5.74, 6) is 1.29. The molecular weight excluding hydrogens is 534 g/mol. The molecule has 0 amide bonds. The molecule has 0 fully saturated rings. The Morgan fingerprint density at radius 2 is 0.714 bits per heavy atom. The second kappa shape index (κ2) is 8.31. The summed E-state index contributed by atoms with van der Waals surface area (Å²) in [5.41, 5.74) is 2.09. The molecule has 0 spiro atoms. The van der Waals surface area contributed by atoms with Crippen LogP contribution in [0.3, 0.4) is 0 Å². The van der Waals surface area contributed by atoms with Gasteiger partial charge in [0, 0.05) is 43.1 Å². The first kappa shape index (κ1) is 22.9. The van der Waals surface area contributed by atoms with Gasteiger partial charge in [-0.3, -0.25) is 0 Å². The van der Waals surface area contributed by atoms with E-state index in [1.54, 1.807) is 12.1 Å². The van der Waals surface area contributed by atoms with Crippen molar-refractivity contribution in [3.05, 3.63) is 119 Å². The van der Waals surface area contributed by atoms with Gasteiger partial charge in [0.2, 0.25) is 0 Å². The molecule has 4 aromatic carbocycles. The molecule has 9 rings (SSSR count). The molecule has 0 atom stereocenters. The maximum Gasteiger partial charge on any atom is 0.142 e. The van der Waals surface area contributed by atoms with Gasteiger partial charge in [0.05, 0.1) is 0 Å². The zero-order valence-corrected chi connectivity index (χ0v) is 21.6. The highest BCUT2D eigenvalue weighted by Gasteiger charge is 2.15. The number of hydrogen-bond donors (Lipinski definition) is 4. The predicted octanol–water partition coefficient (Wildman–Crippen LogP) is 6.01. The van der Waals surface area contributed by atoms with Crippen LogP contribution in [-0.4, -0.2) is 19.9 Å². The number of aromatic amines is 4. The molecule has 200 valence electrons. The van der Waals surface area contributed by atoms with E-state index in [0.29, 0.717) is 66.8 Å². The highest BCUT2D eigenvalue weighted by Crippen LogP contribution is 2.35. The van der Waals surface area contributed by atoms with E-state index in [0.717, 1.165) is 21.5 Å². The standard InChI is InChI=1S/C32H18F2N8/c33-15-9-11-21-23(13-15)32-40-29(21)38-27-18-6-2-1-5-17(18)25(36-27)35-26-19-7-3-4-8-20(19)28(37-26)39-31-24-14-16(34)10-12-22(24)30(41-31)42-32/h1-14H,(H4,35,36,37,38,39,40,41,42). The number of halogens is 2. The van der Waals surface area contributed by atoms with Crippen molar-refractivity contribution in [2.75, 3.05) is 0 Å². The SMILES string of the molecule is Fc1ccc2c3[nH]c(c2c1)N=c1[nH]c(c2ccccc12)=Nc1[nH]c(c2ccccc12)N=c1[nH]c(c2cc(F)ccc12)=N3. The highest BCUT2D eigenvalue weighted by molar-refractivity contribution is 6.01. The van der Waals surface area contributed by atoms with E-state index in [4.69, 9.17) is 20.0 Å². The predicted molar refractivity (Wildman–Crippen MR) is 156 cm³/mol. The average molecular weight is 553 g/mol. The molecule has 8 aromatic rings. The van der Waals surface area contributed by atoms with Crippen LogP contribution >= 0.6 is 0 Å². The van der Waals surface area contributed by atoms with Gasteiger partial charge in [0.1, 0.15) is 56.9 Å².